The molecule has 0 aliphatic carbocycles. The van der Waals surface area contributed by atoms with E-state index < -0.39 is 28.9 Å². The summed E-state index contributed by atoms with van der Waals surface area (Å²) in [7, 11) is 0. The molecule has 1 aliphatic rings. The molecular formula is C11H12ClF3N2O. The van der Waals surface area contributed by atoms with E-state index >= 15 is 0 Å². The van der Waals surface area contributed by atoms with E-state index in [2.05, 4.69) is 10.6 Å². The largest absolute Gasteiger partial charge is 0.351 e. The van der Waals surface area contributed by atoms with Crippen molar-refractivity contribution in [2.45, 2.75) is 0 Å². The molecule has 1 saturated heterocycles. The number of hydrogen-bond donors (Lipinski definition) is 2. The number of rotatable bonds is 3. The third-order valence-corrected chi connectivity index (χ3v) is 2.65. The van der Waals surface area contributed by atoms with E-state index in [1.54, 1.807) is 0 Å². The second kappa shape index (κ2) is 6.06. The first-order chi connectivity index (χ1) is 8.08. The van der Waals surface area contributed by atoms with Crippen LogP contribution in [0.2, 0.25) is 0 Å². The van der Waals surface area contributed by atoms with E-state index in [4.69, 9.17) is 0 Å². The molecular weight excluding hydrogens is 269 g/mol. The highest BCUT2D eigenvalue weighted by atomic mass is 35.5. The van der Waals surface area contributed by atoms with E-state index in [1.807, 2.05) is 0 Å². The lowest BCUT2D eigenvalue weighted by Crippen LogP contribution is -2.48. The van der Waals surface area contributed by atoms with E-state index in [-0.39, 0.29) is 18.3 Å². The summed E-state index contributed by atoms with van der Waals surface area (Å²) in [6.45, 7) is 1.89. The topological polar surface area (TPSA) is 41.1 Å². The van der Waals surface area contributed by atoms with Crippen LogP contribution in [-0.4, -0.2) is 25.5 Å². The van der Waals surface area contributed by atoms with Crippen molar-refractivity contribution in [2.24, 2.45) is 5.92 Å². The van der Waals surface area contributed by atoms with Gasteiger partial charge in [-0.25, -0.2) is 13.2 Å². The molecule has 2 N–H and O–H groups in total. The fourth-order valence-electron chi connectivity index (χ4n) is 1.58. The van der Waals surface area contributed by atoms with E-state index in [0.717, 1.165) is 13.1 Å². The molecule has 0 atom stereocenters. The Morgan fingerprint density at radius 1 is 1.28 bits per heavy atom. The molecule has 0 radical (unpaired) electrons. The number of benzene rings is 1. The molecule has 3 nitrogen and oxygen atoms in total. The van der Waals surface area contributed by atoms with Crippen LogP contribution in [0.5, 0.6) is 0 Å². The molecule has 1 aromatic rings. The minimum absolute atomic E-state index is 0. The first-order valence-electron chi connectivity index (χ1n) is 5.21. The van der Waals surface area contributed by atoms with Crippen molar-refractivity contribution in [3.8, 4) is 0 Å². The highest BCUT2D eigenvalue weighted by Crippen LogP contribution is 2.14. The Labute approximate surface area is 108 Å². The predicted octanol–water partition coefficient (Wildman–Crippen LogP) is 1.47. The zero-order valence-corrected chi connectivity index (χ0v) is 10.1. The summed E-state index contributed by atoms with van der Waals surface area (Å²) in [5.41, 5.74) is -0.737. The molecule has 1 amide bonds. The van der Waals surface area contributed by atoms with E-state index in [1.165, 1.54) is 0 Å². The van der Waals surface area contributed by atoms with Gasteiger partial charge in [0.2, 0.25) is 0 Å². The lowest BCUT2D eigenvalue weighted by atomic mass is 10.0. The maximum Gasteiger partial charge on any atom is 0.257 e. The van der Waals surface area contributed by atoms with Crippen LogP contribution in [0.15, 0.2) is 12.1 Å². The first kappa shape index (κ1) is 14.8. The van der Waals surface area contributed by atoms with Crippen molar-refractivity contribution in [3.63, 3.8) is 0 Å². The fraction of sp³-hybridized carbons (Fsp3) is 0.364. The van der Waals surface area contributed by atoms with Gasteiger partial charge in [-0.1, -0.05) is 0 Å². The van der Waals surface area contributed by atoms with Crippen molar-refractivity contribution in [3.05, 3.63) is 35.1 Å². The van der Waals surface area contributed by atoms with Gasteiger partial charge in [0.1, 0.15) is 23.0 Å². The van der Waals surface area contributed by atoms with Gasteiger partial charge in [0.05, 0.1) is 0 Å². The molecule has 1 aliphatic heterocycles. The first-order valence-corrected chi connectivity index (χ1v) is 5.21. The van der Waals surface area contributed by atoms with E-state index in [0.29, 0.717) is 18.7 Å². The van der Waals surface area contributed by atoms with Gasteiger partial charge in [-0.05, 0) is 0 Å². The summed E-state index contributed by atoms with van der Waals surface area (Å²) in [6.07, 6.45) is 0. The summed E-state index contributed by atoms with van der Waals surface area (Å²) < 4.78 is 39.1. The number of halogens is 4. The lowest BCUT2D eigenvalue weighted by Gasteiger charge is -2.27. The standard InChI is InChI=1S/C11H11F3N2O.ClH/c12-7-1-8(13)10(9(14)2-7)11(17)16-5-6-3-15-4-6;/h1-2,6,15H,3-5H2,(H,16,17);1H. The Morgan fingerprint density at radius 3 is 2.28 bits per heavy atom. The molecule has 1 aromatic carbocycles. The second-order valence-corrected chi connectivity index (χ2v) is 3.98. The molecule has 0 aromatic heterocycles. The maximum absolute atomic E-state index is 13.2. The molecule has 2 rings (SSSR count). The minimum Gasteiger partial charge on any atom is -0.351 e. The fourth-order valence-corrected chi connectivity index (χ4v) is 1.58. The number of hydrogen-bond acceptors (Lipinski definition) is 2. The van der Waals surface area contributed by atoms with Crippen molar-refractivity contribution in [1.29, 1.82) is 0 Å². The molecule has 0 spiro atoms. The van der Waals surface area contributed by atoms with Crippen molar-refractivity contribution in [2.75, 3.05) is 19.6 Å². The SMILES string of the molecule is Cl.O=C(NCC1CNC1)c1c(F)cc(F)cc1F. The smallest absolute Gasteiger partial charge is 0.257 e. The second-order valence-electron chi connectivity index (χ2n) is 3.98. The van der Waals surface area contributed by atoms with Crippen LogP contribution in [0, 0.1) is 23.4 Å². The summed E-state index contributed by atoms with van der Waals surface area (Å²) in [5, 5.41) is 5.43. The lowest BCUT2D eigenvalue weighted by molar-refractivity contribution is 0.0933. The van der Waals surface area contributed by atoms with Gasteiger partial charge in [-0.15, -0.1) is 12.4 Å². The highest BCUT2D eigenvalue weighted by Gasteiger charge is 2.21. The van der Waals surface area contributed by atoms with Crippen LogP contribution in [0.25, 0.3) is 0 Å². The van der Waals surface area contributed by atoms with Crippen molar-refractivity contribution >= 4 is 18.3 Å². The summed E-state index contributed by atoms with van der Waals surface area (Å²) in [4.78, 5) is 11.5. The minimum atomic E-state index is -1.19. The molecule has 18 heavy (non-hydrogen) atoms. The third-order valence-electron chi connectivity index (χ3n) is 2.65. The average molecular weight is 281 g/mol. The summed E-state index contributed by atoms with van der Waals surface area (Å²) in [6, 6.07) is 0.978. The number of amides is 1. The molecule has 1 heterocycles. The van der Waals surface area contributed by atoms with Crippen LogP contribution in [-0.2, 0) is 0 Å². The Morgan fingerprint density at radius 2 is 1.83 bits per heavy atom. The predicted molar refractivity (Wildman–Crippen MR) is 62.3 cm³/mol. The Hall–Kier alpha value is -1.27. The quantitative estimate of drug-likeness (QED) is 0.880. The number of carbonyl (C=O) groups excluding carboxylic acids is 1. The Kier molecular flexibility index (Phi) is 4.98. The van der Waals surface area contributed by atoms with Gasteiger partial charge >= 0.3 is 0 Å². The van der Waals surface area contributed by atoms with Crippen LogP contribution < -0.4 is 10.6 Å². The zero-order chi connectivity index (χ0) is 12.4. The molecule has 7 heteroatoms. The number of carbonyl (C=O) groups is 1. The maximum atomic E-state index is 13.2. The number of nitrogens with one attached hydrogen (secondary N) is 2. The van der Waals surface area contributed by atoms with Gasteiger partial charge in [0.25, 0.3) is 5.91 Å². The Bertz CT molecular complexity index is 429. The van der Waals surface area contributed by atoms with Crippen molar-refractivity contribution in [1.82, 2.24) is 10.6 Å². The zero-order valence-electron chi connectivity index (χ0n) is 9.30. The van der Waals surface area contributed by atoms with Crippen LogP contribution in [0.3, 0.4) is 0 Å². The molecule has 0 unspecified atom stereocenters. The monoisotopic (exact) mass is 280 g/mol. The summed E-state index contributed by atoms with van der Waals surface area (Å²) >= 11 is 0. The van der Waals surface area contributed by atoms with Crippen LogP contribution in [0.1, 0.15) is 10.4 Å². The van der Waals surface area contributed by atoms with Crippen molar-refractivity contribution < 1.29 is 18.0 Å². The normalized spacial score (nSPS) is 14.6. The molecule has 1 fully saturated rings. The molecule has 0 saturated carbocycles. The average Bonchev–Trinajstić information content (AvgIpc) is 2.13. The third kappa shape index (κ3) is 3.14. The van der Waals surface area contributed by atoms with E-state index in [9.17, 15) is 18.0 Å². The highest BCUT2D eigenvalue weighted by molar-refractivity contribution is 5.94. The van der Waals surface area contributed by atoms with Gasteiger partial charge in [-0.2, -0.15) is 0 Å². The molecule has 100 valence electrons. The van der Waals surface area contributed by atoms with Gasteiger partial charge in [-0.3, -0.25) is 4.79 Å². The molecule has 0 bridgehead atoms. The summed E-state index contributed by atoms with van der Waals surface area (Å²) in [5.74, 6) is -3.99. The van der Waals surface area contributed by atoms with Gasteiger partial charge in [0, 0.05) is 37.7 Å². The van der Waals surface area contributed by atoms with Crippen LogP contribution in [0.4, 0.5) is 13.2 Å². The van der Waals surface area contributed by atoms with Gasteiger partial charge in [0.15, 0.2) is 0 Å². The van der Waals surface area contributed by atoms with Gasteiger partial charge < -0.3 is 10.6 Å². The van der Waals surface area contributed by atoms with Crippen LogP contribution >= 0.6 is 12.4 Å². The Balaban J connectivity index is 0.00000162.